The van der Waals surface area contributed by atoms with E-state index < -0.39 is 0 Å². The van der Waals surface area contributed by atoms with E-state index in [2.05, 4.69) is 77.8 Å². The number of hydrogen-bond acceptors (Lipinski definition) is 5. The maximum absolute atomic E-state index is 6.12. The van der Waals surface area contributed by atoms with E-state index in [0.29, 0.717) is 6.04 Å². The quantitative estimate of drug-likeness (QED) is 0.664. The molecule has 0 atom stereocenters. The lowest BCUT2D eigenvalue weighted by molar-refractivity contribution is 0.131. The normalized spacial score (nSPS) is 20.0. The minimum absolute atomic E-state index is 0.133. The smallest absolute Gasteiger partial charge is 0.165 e. The van der Waals surface area contributed by atoms with Crippen LogP contribution in [0.4, 0.5) is 11.4 Å². The average molecular weight is 420 g/mol. The van der Waals surface area contributed by atoms with E-state index in [9.17, 15) is 0 Å². The number of para-hydroxylation sites is 3. The van der Waals surface area contributed by atoms with E-state index in [1.165, 1.54) is 29.8 Å². The summed E-state index contributed by atoms with van der Waals surface area (Å²) in [6.07, 6.45) is 8.61. The number of nitrogens with zero attached hydrogens (tertiary/aromatic N) is 2. The Kier molecular flexibility index (Phi) is 5.53. The molecule has 164 valence electrons. The zero-order valence-corrected chi connectivity index (χ0v) is 18.6. The third-order valence-corrected chi connectivity index (χ3v) is 6.54. The van der Waals surface area contributed by atoms with Crippen molar-refractivity contribution in [3.8, 4) is 11.5 Å². The number of nitrogens with one attached hydrogen (secondary N) is 1. The molecule has 1 N–H and O–H groups in total. The second kappa shape index (κ2) is 8.46. The number of hydrogen-bond donors (Lipinski definition) is 1. The Morgan fingerprint density at radius 3 is 2.81 bits per heavy atom. The fourth-order valence-corrected chi connectivity index (χ4v) is 5.02. The van der Waals surface area contributed by atoms with Crippen molar-refractivity contribution in [2.24, 2.45) is 0 Å². The molecule has 0 amide bonds. The van der Waals surface area contributed by atoms with Crippen LogP contribution in [0.2, 0.25) is 0 Å². The molecular formula is C26H33N3O2. The Hall–Kier alpha value is -2.66. The predicted molar refractivity (Wildman–Crippen MR) is 126 cm³/mol. The van der Waals surface area contributed by atoms with Crippen LogP contribution in [0.15, 0.2) is 54.9 Å². The number of ether oxygens (including phenoxy) is 2. The average Bonchev–Trinajstić information content (AvgIpc) is 3.11. The van der Waals surface area contributed by atoms with Crippen molar-refractivity contribution in [2.75, 3.05) is 36.5 Å². The highest BCUT2D eigenvalue weighted by atomic mass is 16.5. The Morgan fingerprint density at radius 2 is 1.94 bits per heavy atom. The lowest BCUT2D eigenvalue weighted by atomic mass is 10.0. The molecular weight excluding hydrogens is 386 g/mol. The molecule has 2 aromatic carbocycles. The first-order valence-corrected chi connectivity index (χ1v) is 11.6. The van der Waals surface area contributed by atoms with Crippen LogP contribution in [0.25, 0.3) is 0 Å². The fourth-order valence-electron chi connectivity index (χ4n) is 5.02. The van der Waals surface area contributed by atoms with Crippen molar-refractivity contribution in [3.63, 3.8) is 0 Å². The third kappa shape index (κ3) is 4.38. The number of rotatable bonds is 6. The number of benzene rings is 2. The maximum atomic E-state index is 6.12. The van der Waals surface area contributed by atoms with Crippen molar-refractivity contribution >= 4 is 11.4 Å². The van der Waals surface area contributed by atoms with E-state index in [-0.39, 0.29) is 5.60 Å². The number of likely N-dealkylation sites (tertiary alicyclic amines) is 1. The second-order valence-electron chi connectivity index (χ2n) is 9.44. The molecule has 3 aliphatic rings. The van der Waals surface area contributed by atoms with Gasteiger partial charge in [0.05, 0.1) is 18.0 Å². The molecule has 0 radical (unpaired) electrons. The Balaban J connectivity index is 1.08. The van der Waals surface area contributed by atoms with Gasteiger partial charge in [-0.25, -0.2) is 0 Å². The minimum atomic E-state index is -0.133. The minimum Gasteiger partial charge on any atom is -0.490 e. The number of anilines is 2. The highest BCUT2D eigenvalue weighted by Crippen LogP contribution is 2.41. The maximum Gasteiger partial charge on any atom is 0.165 e. The topological polar surface area (TPSA) is 37.0 Å². The molecule has 2 aromatic rings. The van der Waals surface area contributed by atoms with E-state index in [1.807, 2.05) is 6.07 Å². The van der Waals surface area contributed by atoms with Crippen molar-refractivity contribution in [1.82, 2.24) is 4.90 Å². The summed E-state index contributed by atoms with van der Waals surface area (Å²) in [5, 5.41) is 3.35. The molecule has 5 rings (SSSR count). The molecule has 1 fully saturated rings. The van der Waals surface area contributed by atoms with E-state index >= 15 is 0 Å². The molecule has 5 nitrogen and oxygen atoms in total. The predicted octanol–water partition coefficient (Wildman–Crippen LogP) is 5.04. The van der Waals surface area contributed by atoms with E-state index in [0.717, 1.165) is 50.6 Å². The van der Waals surface area contributed by atoms with Gasteiger partial charge in [0.1, 0.15) is 5.60 Å². The Bertz CT molecular complexity index is 947. The zero-order chi connectivity index (χ0) is 21.3. The molecule has 0 unspecified atom stereocenters. The number of piperidine rings is 1. The van der Waals surface area contributed by atoms with E-state index in [1.54, 1.807) is 0 Å². The first kappa shape index (κ1) is 20.3. The number of fused-ring (bicyclic) bond motifs is 2. The van der Waals surface area contributed by atoms with Gasteiger partial charge in [-0.05, 0) is 51.3 Å². The Labute approximate surface area is 185 Å². The molecule has 0 saturated carbocycles. The fraction of sp³-hybridized carbons (Fsp3) is 0.462. The highest BCUT2D eigenvalue weighted by molar-refractivity contribution is 5.74. The standard InChI is InChI=1S/C26H33N3O2/c1-26(2)19-20-7-5-10-24(25(20)31-26)30-18-6-14-28-15-11-21(12-16-28)29-17-13-27-22-8-3-4-9-23(22)29/h3-5,7-10,13,17,21,27H,6,11-12,14-16,18-19H2,1-2H3. The molecule has 5 heteroatoms. The summed E-state index contributed by atoms with van der Waals surface area (Å²) in [7, 11) is 0. The van der Waals surface area contributed by atoms with Gasteiger partial charge in [0.25, 0.3) is 0 Å². The summed E-state index contributed by atoms with van der Waals surface area (Å²) in [6.45, 7) is 8.37. The summed E-state index contributed by atoms with van der Waals surface area (Å²) in [5.41, 5.74) is 3.61. The molecule has 0 aliphatic carbocycles. The second-order valence-corrected chi connectivity index (χ2v) is 9.44. The largest absolute Gasteiger partial charge is 0.490 e. The van der Waals surface area contributed by atoms with Crippen LogP contribution in [0.1, 0.15) is 38.7 Å². The van der Waals surface area contributed by atoms with Crippen LogP contribution < -0.4 is 19.7 Å². The molecule has 1 saturated heterocycles. The summed E-state index contributed by atoms with van der Waals surface area (Å²) in [4.78, 5) is 5.02. The lowest BCUT2D eigenvalue weighted by Gasteiger charge is -2.40. The van der Waals surface area contributed by atoms with Gasteiger partial charge < -0.3 is 24.6 Å². The summed E-state index contributed by atoms with van der Waals surface area (Å²) < 4.78 is 12.2. The van der Waals surface area contributed by atoms with Crippen molar-refractivity contribution in [3.05, 3.63) is 60.4 Å². The van der Waals surface area contributed by atoms with Gasteiger partial charge in [-0.2, -0.15) is 0 Å². The molecule has 31 heavy (non-hydrogen) atoms. The summed E-state index contributed by atoms with van der Waals surface area (Å²) >= 11 is 0. The summed E-state index contributed by atoms with van der Waals surface area (Å²) in [6, 6.07) is 15.4. The first-order chi connectivity index (χ1) is 15.1. The lowest BCUT2D eigenvalue weighted by Crippen LogP contribution is -2.44. The van der Waals surface area contributed by atoms with Crippen LogP contribution in [0.3, 0.4) is 0 Å². The van der Waals surface area contributed by atoms with Gasteiger partial charge >= 0.3 is 0 Å². The molecule has 0 aromatic heterocycles. The van der Waals surface area contributed by atoms with Crippen LogP contribution >= 0.6 is 0 Å². The van der Waals surface area contributed by atoms with Gasteiger partial charge in [-0.3, -0.25) is 0 Å². The Morgan fingerprint density at radius 1 is 1.10 bits per heavy atom. The van der Waals surface area contributed by atoms with Crippen molar-refractivity contribution in [2.45, 2.75) is 51.2 Å². The first-order valence-electron chi connectivity index (χ1n) is 11.6. The van der Waals surface area contributed by atoms with Crippen LogP contribution in [-0.2, 0) is 6.42 Å². The SMILES string of the molecule is CC1(C)Cc2cccc(OCCCN3CCC(N4C=CNc5ccccc54)CC3)c2O1. The van der Waals surface area contributed by atoms with E-state index in [4.69, 9.17) is 9.47 Å². The summed E-state index contributed by atoms with van der Waals surface area (Å²) in [5.74, 6) is 1.84. The van der Waals surface area contributed by atoms with Gasteiger partial charge in [-0.15, -0.1) is 0 Å². The molecule has 3 heterocycles. The van der Waals surface area contributed by atoms with Crippen molar-refractivity contribution < 1.29 is 9.47 Å². The molecule has 0 spiro atoms. The van der Waals surface area contributed by atoms with Crippen molar-refractivity contribution in [1.29, 1.82) is 0 Å². The molecule has 3 aliphatic heterocycles. The van der Waals surface area contributed by atoms with Crippen LogP contribution in [-0.4, -0.2) is 42.8 Å². The zero-order valence-electron chi connectivity index (χ0n) is 18.6. The highest BCUT2D eigenvalue weighted by Gasteiger charge is 2.32. The van der Waals surface area contributed by atoms with Gasteiger partial charge in [0, 0.05) is 50.1 Å². The van der Waals surface area contributed by atoms with Gasteiger partial charge in [0.2, 0.25) is 0 Å². The van der Waals surface area contributed by atoms with Crippen LogP contribution in [0, 0.1) is 0 Å². The van der Waals surface area contributed by atoms with Gasteiger partial charge in [0.15, 0.2) is 11.5 Å². The molecule has 0 bridgehead atoms. The third-order valence-electron chi connectivity index (χ3n) is 6.54. The monoisotopic (exact) mass is 419 g/mol. The van der Waals surface area contributed by atoms with Gasteiger partial charge in [-0.1, -0.05) is 24.3 Å². The van der Waals surface area contributed by atoms with Crippen LogP contribution in [0.5, 0.6) is 11.5 Å².